The zero-order valence-corrected chi connectivity index (χ0v) is 15.0. The molecule has 24 heavy (non-hydrogen) atoms. The molecule has 1 aromatic rings. The summed E-state index contributed by atoms with van der Waals surface area (Å²) in [5.41, 5.74) is 0.634. The molecule has 0 unspecified atom stereocenters. The third-order valence-corrected chi connectivity index (χ3v) is 6.97. The van der Waals surface area contributed by atoms with E-state index in [-0.39, 0.29) is 17.9 Å². The Morgan fingerprint density at radius 2 is 2.08 bits per heavy atom. The van der Waals surface area contributed by atoms with Gasteiger partial charge in [-0.25, -0.2) is 9.69 Å². The molecule has 0 bridgehead atoms. The van der Waals surface area contributed by atoms with Crippen LogP contribution < -0.4 is 5.32 Å². The smallest absolute Gasteiger partial charge is 0.323 e. The Hall–Kier alpha value is -1.40. The lowest BCUT2D eigenvalue weighted by Crippen LogP contribution is -2.51. The summed E-state index contributed by atoms with van der Waals surface area (Å²) in [6.07, 6.45) is 6.66. The molecule has 0 aromatic carbocycles. The molecule has 3 aliphatic rings. The normalized spacial score (nSPS) is 29.0. The number of imide groups is 1. The molecule has 3 amide bonds. The number of amides is 3. The maximum Gasteiger partial charge on any atom is 0.326 e. The molecule has 5 nitrogen and oxygen atoms in total. The fourth-order valence-electron chi connectivity index (χ4n) is 4.43. The van der Waals surface area contributed by atoms with Crippen LogP contribution in [-0.4, -0.2) is 40.5 Å². The van der Waals surface area contributed by atoms with Gasteiger partial charge in [-0.1, -0.05) is 19.3 Å². The Balaban J connectivity index is 1.46. The lowest BCUT2D eigenvalue weighted by Gasteiger charge is -2.35. The molecule has 1 N–H and O–H groups in total. The first-order chi connectivity index (χ1) is 11.6. The Morgan fingerprint density at radius 3 is 2.88 bits per heavy atom. The van der Waals surface area contributed by atoms with Crippen LogP contribution in [0, 0.1) is 5.92 Å². The fraction of sp³-hybridized carbons (Fsp3) is 0.667. The van der Waals surface area contributed by atoms with Crippen LogP contribution in [0.3, 0.4) is 0 Å². The van der Waals surface area contributed by atoms with Gasteiger partial charge < -0.3 is 5.32 Å². The summed E-state index contributed by atoms with van der Waals surface area (Å²) >= 11 is 1.80. The Kier molecular flexibility index (Phi) is 4.12. The largest absolute Gasteiger partial charge is 0.326 e. The summed E-state index contributed by atoms with van der Waals surface area (Å²) < 4.78 is 0. The average molecular weight is 347 g/mol. The molecule has 1 saturated heterocycles. The van der Waals surface area contributed by atoms with E-state index in [2.05, 4.69) is 21.7 Å². The summed E-state index contributed by atoms with van der Waals surface area (Å²) in [7, 11) is 0. The van der Waals surface area contributed by atoms with Gasteiger partial charge >= 0.3 is 6.03 Å². The molecule has 2 fully saturated rings. The lowest BCUT2D eigenvalue weighted by atomic mass is 9.75. The van der Waals surface area contributed by atoms with Gasteiger partial charge in [0.25, 0.3) is 5.91 Å². The summed E-state index contributed by atoms with van der Waals surface area (Å²) in [5, 5.41) is 5.14. The van der Waals surface area contributed by atoms with Gasteiger partial charge in [-0.05, 0) is 49.1 Å². The van der Waals surface area contributed by atoms with Crippen molar-refractivity contribution in [3.63, 3.8) is 0 Å². The fourth-order valence-corrected chi connectivity index (χ4v) is 5.32. The second-order valence-corrected chi connectivity index (χ2v) is 8.51. The molecular formula is C18H25N3O2S. The number of nitrogens with one attached hydrogen (secondary N) is 1. The first-order valence-electron chi connectivity index (χ1n) is 8.99. The monoisotopic (exact) mass is 347 g/mol. The highest BCUT2D eigenvalue weighted by atomic mass is 32.1. The minimum atomic E-state index is -0.708. The molecule has 2 aliphatic heterocycles. The number of hydrogen-bond donors (Lipinski definition) is 1. The van der Waals surface area contributed by atoms with Gasteiger partial charge in [0.15, 0.2) is 0 Å². The Morgan fingerprint density at radius 1 is 1.29 bits per heavy atom. The SMILES string of the molecule is C[C@]1(C2CCCCC2)NC(=O)N(CN2CCc3sccc3C2)C1=O. The van der Waals surface area contributed by atoms with Gasteiger partial charge in [-0.2, -0.15) is 0 Å². The van der Waals surface area contributed by atoms with Gasteiger partial charge in [0.1, 0.15) is 5.54 Å². The van der Waals surface area contributed by atoms with E-state index in [4.69, 9.17) is 0 Å². The highest BCUT2D eigenvalue weighted by Crippen LogP contribution is 2.36. The van der Waals surface area contributed by atoms with Crippen LogP contribution in [0.1, 0.15) is 49.5 Å². The number of carbonyl (C=O) groups is 2. The van der Waals surface area contributed by atoms with Crippen molar-refractivity contribution in [2.75, 3.05) is 13.2 Å². The average Bonchev–Trinajstić information content (AvgIpc) is 3.14. The number of nitrogens with zero attached hydrogens (tertiary/aromatic N) is 2. The maximum atomic E-state index is 13.0. The summed E-state index contributed by atoms with van der Waals surface area (Å²) in [5.74, 6) is 0.244. The van der Waals surface area contributed by atoms with Crippen molar-refractivity contribution in [1.82, 2.24) is 15.1 Å². The van der Waals surface area contributed by atoms with E-state index in [1.54, 1.807) is 11.3 Å². The molecule has 130 valence electrons. The predicted molar refractivity (Wildman–Crippen MR) is 93.7 cm³/mol. The van der Waals surface area contributed by atoms with Crippen LogP contribution in [0.5, 0.6) is 0 Å². The van der Waals surface area contributed by atoms with Crippen molar-refractivity contribution in [2.24, 2.45) is 5.92 Å². The van der Waals surface area contributed by atoms with Crippen molar-refractivity contribution in [2.45, 2.75) is 57.5 Å². The standard InChI is InChI=1S/C18H25N3O2S/c1-18(14-5-3-2-4-6-14)16(22)21(17(23)19-18)12-20-9-7-15-13(11-20)8-10-24-15/h8,10,14H,2-7,9,11-12H2,1H3,(H,19,23)/t18-/m1/s1. The number of hydrogen-bond acceptors (Lipinski definition) is 4. The maximum absolute atomic E-state index is 13.0. The summed E-state index contributed by atoms with van der Waals surface area (Å²) in [4.78, 5) is 30.6. The highest BCUT2D eigenvalue weighted by molar-refractivity contribution is 7.10. The molecule has 1 aromatic heterocycles. The Labute approximate surface area is 147 Å². The molecule has 0 spiro atoms. The number of rotatable bonds is 3. The number of urea groups is 1. The second kappa shape index (κ2) is 6.15. The molecule has 1 atom stereocenters. The van der Waals surface area contributed by atoms with Gasteiger partial charge in [0, 0.05) is 18.0 Å². The van der Waals surface area contributed by atoms with Crippen LogP contribution in [0.15, 0.2) is 11.4 Å². The molecular weight excluding hydrogens is 322 g/mol. The topological polar surface area (TPSA) is 52.7 Å². The van der Waals surface area contributed by atoms with Gasteiger partial charge in [0.05, 0.1) is 6.67 Å². The lowest BCUT2D eigenvalue weighted by molar-refractivity contribution is -0.134. The highest BCUT2D eigenvalue weighted by Gasteiger charge is 2.52. The zero-order valence-electron chi connectivity index (χ0n) is 14.2. The van der Waals surface area contributed by atoms with Crippen molar-refractivity contribution >= 4 is 23.3 Å². The second-order valence-electron chi connectivity index (χ2n) is 7.51. The van der Waals surface area contributed by atoms with Gasteiger partial charge in [0.2, 0.25) is 0 Å². The van der Waals surface area contributed by atoms with Crippen molar-refractivity contribution in [1.29, 1.82) is 0 Å². The van der Waals surface area contributed by atoms with Gasteiger partial charge in [-0.15, -0.1) is 11.3 Å². The van der Waals surface area contributed by atoms with Crippen molar-refractivity contribution in [3.8, 4) is 0 Å². The van der Waals surface area contributed by atoms with Crippen molar-refractivity contribution in [3.05, 3.63) is 21.9 Å². The Bertz CT molecular complexity index is 652. The molecule has 1 saturated carbocycles. The van der Waals surface area contributed by atoms with E-state index < -0.39 is 5.54 Å². The van der Waals surface area contributed by atoms with Crippen LogP contribution >= 0.6 is 11.3 Å². The first-order valence-corrected chi connectivity index (χ1v) is 9.87. The van der Waals surface area contributed by atoms with Crippen LogP contribution in [-0.2, 0) is 17.8 Å². The summed E-state index contributed by atoms with van der Waals surface area (Å²) in [6.45, 7) is 4.07. The number of carbonyl (C=O) groups excluding carboxylic acids is 2. The molecule has 0 radical (unpaired) electrons. The van der Waals surface area contributed by atoms with Crippen LogP contribution in [0.4, 0.5) is 4.79 Å². The third-order valence-electron chi connectivity index (χ3n) is 5.95. The third kappa shape index (κ3) is 2.65. The quantitative estimate of drug-likeness (QED) is 0.855. The first kappa shape index (κ1) is 16.1. The van der Waals surface area contributed by atoms with E-state index in [1.165, 1.54) is 21.8 Å². The van der Waals surface area contributed by atoms with E-state index in [0.717, 1.165) is 45.2 Å². The van der Waals surface area contributed by atoms with E-state index >= 15 is 0 Å². The predicted octanol–water partition coefficient (Wildman–Crippen LogP) is 2.95. The number of thiophene rings is 1. The molecule has 4 rings (SSSR count). The van der Waals surface area contributed by atoms with Crippen LogP contribution in [0.2, 0.25) is 0 Å². The minimum absolute atomic E-state index is 0.0319. The van der Waals surface area contributed by atoms with Gasteiger partial charge in [-0.3, -0.25) is 9.69 Å². The summed E-state index contributed by atoms with van der Waals surface area (Å²) in [6, 6.07) is 1.94. The molecule has 3 heterocycles. The van der Waals surface area contributed by atoms with Crippen LogP contribution in [0.25, 0.3) is 0 Å². The van der Waals surface area contributed by atoms with Crippen molar-refractivity contribution < 1.29 is 9.59 Å². The molecule has 6 heteroatoms. The zero-order chi connectivity index (χ0) is 16.7. The minimum Gasteiger partial charge on any atom is -0.323 e. The number of fused-ring (bicyclic) bond motifs is 1. The molecule has 1 aliphatic carbocycles. The van der Waals surface area contributed by atoms with E-state index in [9.17, 15) is 9.59 Å². The van der Waals surface area contributed by atoms with E-state index in [1.807, 2.05) is 6.92 Å². The van der Waals surface area contributed by atoms with E-state index in [0.29, 0.717) is 6.67 Å².